The van der Waals surface area contributed by atoms with Gasteiger partial charge in [0.2, 0.25) is 0 Å². The van der Waals surface area contributed by atoms with Crippen LogP contribution in [0, 0.1) is 0 Å². The van der Waals surface area contributed by atoms with E-state index in [0.717, 1.165) is 24.5 Å². The number of nitrogens with one attached hydrogen (secondary N) is 1. The lowest BCUT2D eigenvalue weighted by Gasteiger charge is -2.18. The molecule has 1 unspecified atom stereocenters. The van der Waals surface area contributed by atoms with Crippen LogP contribution in [0.5, 0.6) is 0 Å². The minimum atomic E-state index is 0.313. The number of hydrogen-bond donors (Lipinski definition) is 2. The maximum atomic E-state index is 8.74. The lowest BCUT2D eigenvalue weighted by Crippen LogP contribution is -2.26. The molecule has 0 bridgehead atoms. The van der Waals surface area contributed by atoms with Crippen LogP contribution in [0.25, 0.3) is 0 Å². The number of aliphatic hydroxyl groups excluding tert-OH is 1. The first-order chi connectivity index (χ1) is 9.42. The molecular weight excluding hydrogens is 274 g/mol. The summed E-state index contributed by atoms with van der Waals surface area (Å²) in [4.78, 5) is 0. The molecule has 106 valence electrons. The predicted octanol–water partition coefficient (Wildman–Crippen LogP) is 2.72. The zero-order valence-corrected chi connectivity index (χ0v) is 12.9. The topological polar surface area (TPSA) is 32.3 Å². The number of benzene rings is 1. The number of aryl methyl sites for hydroxylation is 1. The van der Waals surface area contributed by atoms with Gasteiger partial charge in [-0.2, -0.15) is 23.5 Å². The van der Waals surface area contributed by atoms with E-state index in [2.05, 4.69) is 29.6 Å². The summed E-state index contributed by atoms with van der Waals surface area (Å²) >= 11 is 3.97. The molecule has 1 aliphatic heterocycles. The monoisotopic (exact) mass is 297 g/mol. The van der Waals surface area contributed by atoms with Crippen LogP contribution in [0.3, 0.4) is 0 Å². The van der Waals surface area contributed by atoms with E-state index >= 15 is 0 Å². The fraction of sp³-hybridized carbons (Fsp3) is 0.600. The van der Waals surface area contributed by atoms with E-state index in [1.54, 1.807) is 0 Å². The van der Waals surface area contributed by atoms with Gasteiger partial charge in [0.25, 0.3) is 0 Å². The van der Waals surface area contributed by atoms with Gasteiger partial charge in [-0.1, -0.05) is 24.3 Å². The van der Waals surface area contributed by atoms with Crippen molar-refractivity contribution in [3.63, 3.8) is 0 Å². The van der Waals surface area contributed by atoms with E-state index in [1.807, 2.05) is 23.5 Å². The molecule has 0 aromatic heterocycles. The van der Waals surface area contributed by atoms with Gasteiger partial charge in [0, 0.05) is 30.7 Å². The zero-order chi connectivity index (χ0) is 13.3. The van der Waals surface area contributed by atoms with Crippen LogP contribution >= 0.6 is 23.5 Å². The van der Waals surface area contributed by atoms with E-state index in [0.29, 0.717) is 12.6 Å². The Hall–Kier alpha value is -0.160. The Morgan fingerprint density at radius 3 is 3.11 bits per heavy atom. The van der Waals surface area contributed by atoms with Crippen molar-refractivity contribution in [3.05, 3.63) is 35.4 Å². The summed E-state index contributed by atoms with van der Waals surface area (Å²) < 4.78 is 0. The van der Waals surface area contributed by atoms with E-state index < -0.39 is 0 Å². The summed E-state index contributed by atoms with van der Waals surface area (Å²) in [5.41, 5.74) is 3.01. The molecule has 19 heavy (non-hydrogen) atoms. The first-order valence-corrected chi connectivity index (χ1v) is 9.30. The van der Waals surface area contributed by atoms with Crippen LogP contribution in [0.15, 0.2) is 24.3 Å². The molecule has 0 aliphatic carbocycles. The van der Waals surface area contributed by atoms with Crippen molar-refractivity contribution < 1.29 is 5.11 Å². The molecule has 2 rings (SSSR count). The molecular formula is C15H23NOS2. The van der Waals surface area contributed by atoms with Crippen LogP contribution in [0.2, 0.25) is 0 Å². The highest BCUT2D eigenvalue weighted by Crippen LogP contribution is 2.27. The van der Waals surface area contributed by atoms with Crippen molar-refractivity contribution in [2.75, 3.05) is 36.2 Å². The lowest BCUT2D eigenvalue weighted by molar-refractivity contribution is 0.296. The van der Waals surface area contributed by atoms with E-state index in [9.17, 15) is 0 Å². The van der Waals surface area contributed by atoms with Crippen LogP contribution in [-0.4, -0.2) is 41.3 Å². The summed E-state index contributed by atoms with van der Waals surface area (Å²) in [6.45, 7) is 1.36. The van der Waals surface area contributed by atoms with E-state index in [-0.39, 0.29) is 0 Å². The molecule has 1 aliphatic rings. The van der Waals surface area contributed by atoms with Gasteiger partial charge in [-0.3, -0.25) is 0 Å². The quantitative estimate of drug-likeness (QED) is 0.758. The Kier molecular flexibility index (Phi) is 7.14. The van der Waals surface area contributed by atoms with Crippen molar-refractivity contribution >= 4 is 23.5 Å². The number of aliphatic hydroxyl groups is 1. The molecule has 1 atom stereocenters. The summed E-state index contributed by atoms with van der Waals surface area (Å²) in [6, 6.07) is 9.35. The number of fused-ring (bicyclic) bond motifs is 1. The predicted molar refractivity (Wildman–Crippen MR) is 87.2 cm³/mol. The van der Waals surface area contributed by atoms with Crippen LogP contribution in [0.1, 0.15) is 23.6 Å². The van der Waals surface area contributed by atoms with Crippen LogP contribution in [0.4, 0.5) is 0 Å². The van der Waals surface area contributed by atoms with Crippen LogP contribution < -0.4 is 5.32 Å². The normalized spacial score (nSPS) is 18.9. The molecule has 1 aromatic rings. The Bertz CT molecular complexity index is 373. The first-order valence-electron chi connectivity index (χ1n) is 6.99. The standard InChI is InChI=1S/C15H23NOS2/c17-8-3-9-18-11-7-16-15-12-19-10-6-13-4-1-2-5-14(13)15/h1-2,4-5,15-17H,3,6-12H2. The highest BCUT2D eigenvalue weighted by molar-refractivity contribution is 7.99. The van der Waals surface area contributed by atoms with E-state index in [1.165, 1.54) is 29.1 Å². The minimum Gasteiger partial charge on any atom is -0.396 e. The first kappa shape index (κ1) is 15.2. The second kappa shape index (κ2) is 8.90. The largest absolute Gasteiger partial charge is 0.396 e. The SMILES string of the molecule is OCCCSCCNC1CSCCc2ccccc21. The van der Waals surface area contributed by atoms with Gasteiger partial charge in [-0.15, -0.1) is 0 Å². The highest BCUT2D eigenvalue weighted by Gasteiger charge is 2.17. The molecule has 0 amide bonds. The molecule has 0 spiro atoms. The van der Waals surface area contributed by atoms with E-state index in [4.69, 9.17) is 5.11 Å². The summed E-state index contributed by atoms with van der Waals surface area (Å²) in [6.07, 6.45) is 2.11. The number of thioether (sulfide) groups is 2. The van der Waals surface area contributed by atoms with Crippen LogP contribution in [-0.2, 0) is 6.42 Å². The van der Waals surface area contributed by atoms with Crippen molar-refractivity contribution in [2.45, 2.75) is 18.9 Å². The molecule has 0 radical (unpaired) electrons. The Balaban J connectivity index is 1.79. The fourth-order valence-corrected chi connectivity index (χ4v) is 4.18. The number of hydrogen-bond acceptors (Lipinski definition) is 4. The van der Waals surface area contributed by atoms with Gasteiger partial charge in [-0.25, -0.2) is 0 Å². The molecule has 1 heterocycles. The lowest BCUT2D eigenvalue weighted by atomic mass is 10.00. The maximum Gasteiger partial charge on any atom is 0.0438 e. The third kappa shape index (κ3) is 5.03. The molecule has 1 aromatic carbocycles. The third-order valence-corrected chi connectivity index (χ3v) is 5.45. The molecule has 0 saturated heterocycles. The smallest absolute Gasteiger partial charge is 0.0438 e. The Labute approximate surface area is 124 Å². The maximum absolute atomic E-state index is 8.74. The van der Waals surface area contributed by atoms with Gasteiger partial charge in [0.15, 0.2) is 0 Å². The second-order valence-corrected chi connectivity index (χ2v) is 7.09. The number of rotatable bonds is 7. The fourth-order valence-electron chi connectivity index (χ4n) is 2.32. The average Bonchev–Trinajstić information content (AvgIpc) is 2.65. The van der Waals surface area contributed by atoms with Gasteiger partial charge in [0.1, 0.15) is 0 Å². The molecule has 0 saturated carbocycles. The molecule has 4 heteroatoms. The zero-order valence-electron chi connectivity index (χ0n) is 11.3. The van der Waals surface area contributed by atoms with Gasteiger partial charge < -0.3 is 10.4 Å². The summed E-state index contributed by atoms with van der Waals surface area (Å²) in [5.74, 6) is 4.61. The molecule has 2 nitrogen and oxygen atoms in total. The van der Waals surface area contributed by atoms with Crippen molar-refractivity contribution in [2.24, 2.45) is 0 Å². The van der Waals surface area contributed by atoms with Gasteiger partial charge in [0.05, 0.1) is 0 Å². The third-order valence-electron chi connectivity index (χ3n) is 3.31. The highest BCUT2D eigenvalue weighted by atomic mass is 32.2. The summed E-state index contributed by atoms with van der Waals surface area (Å²) in [5, 5.41) is 12.4. The Morgan fingerprint density at radius 1 is 1.32 bits per heavy atom. The van der Waals surface area contributed by atoms with Gasteiger partial charge in [-0.05, 0) is 35.5 Å². The Morgan fingerprint density at radius 2 is 2.21 bits per heavy atom. The van der Waals surface area contributed by atoms with Gasteiger partial charge >= 0.3 is 0 Å². The van der Waals surface area contributed by atoms with Crippen molar-refractivity contribution in [1.82, 2.24) is 5.32 Å². The summed E-state index contributed by atoms with van der Waals surface area (Å²) in [7, 11) is 0. The van der Waals surface area contributed by atoms with Crippen molar-refractivity contribution in [3.8, 4) is 0 Å². The molecule has 2 N–H and O–H groups in total. The minimum absolute atomic E-state index is 0.313. The average molecular weight is 297 g/mol. The second-order valence-electron chi connectivity index (χ2n) is 4.72. The molecule has 0 fully saturated rings. The van der Waals surface area contributed by atoms with Crippen molar-refractivity contribution in [1.29, 1.82) is 0 Å².